The Kier molecular flexibility index (Phi) is 7.68. The maximum absolute atomic E-state index is 13.2. The first kappa shape index (κ1) is 24.4. The highest BCUT2D eigenvalue weighted by Crippen LogP contribution is 2.33. The van der Waals surface area contributed by atoms with Gasteiger partial charge >= 0.3 is 0 Å². The van der Waals surface area contributed by atoms with Gasteiger partial charge in [-0.1, -0.05) is 45.6 Å². The summed E-state index contributed by atoms with van der Waals surface area (Å²) in [4.78, 5) is 21.0. The summed E-state index contributed by atoms with van der Waals surface area (Å²) in [7, 11) is 0. The van der Waals surface area contributed by atoms with Gasteiger partial charge in [-0.3, -0.25) is 4.79 Å². The van der Waals surface area contributed by atoms with Crippen LogP contribution in [0.5, 0.6) is 5.75 Å². The van der Waals surface area contributed by atoms with Gasteiger partial charge in [0.2, 0.25) is 0 Å². The second kappa shape index (κ2) is 10.7. The molecule has 1 unspecified atom stereocenters. The molecular weight excluding hydrogens is 430 g/mol. The summed E-state index contributed by atoms with van der Waals surface area (Å²) in [5, 5.41) is 18.3. The maximum Gasteiger partial charge on any atom is 0.277 e. The fourth-order valence-electron chi connectivity index (χ4n) is 5.00. The third-order valence-corrected chi connectivity index (χ3v) is 6.60. The minimum absolute atomic E-state index is 0.0405. The topological polar surface area (TPSA) is 105 Å². The average Bonchev–Trinajstić information content (AvgIpc) is 2.98. The standard InChI is InChI=1S/C26H37N5O3/c1-5-34-22-13-12-19(21(15-32)27-16(2)3)14-20(22)24-29-26(33)23-17(4)28-25(31(23)30-24)18-10-8-6-7-9-11-18/h12-14,16,18,21,27,32H,5-11,15H2,1-4H3,(H,29,30,33). The molecule has 2 heterocycles. The molecule has 0 saturated heterocycles. The zero-order valence-corrected chi connectivity index (χ0v) is 20.7. The number of ether oxygens (including phenoxy) is 1. The van der Waals surface area contributed by atoms with Crippen molar-refractivity contribution in [3.63, 3.8) is 0 Å². The molecule has 1 aliphatic carbocycles. The average molecular weight is 468 g/mol. The zero-order chi connectivity index (χ0) is 24.2. The lowest BCUT2D eigenvalue weighted by molar-refractivity contribution is 0.237. The molecule has 8 nitrogen and oxygen atoms in total. The lowest BCUT2D eigenvalue weighted by atomic mass is 10.00. The van der Waals surface area contributed by atoms with Gasteiger partial charge in [-0.25, -0.2) is 9.50 Å². The molecule has 0 radical (unpaired) electrons. The van der Waals surface area contributed by atoms with E-state index in [0.717, 1.165) is 24.2 Å². The third kappa shape index (κ3) is 5.03. The van der Waals surface area contributed by atoms with Gasteiger partial charge in [0.25, 0.3) is 5.56 Å². The van der Waals surface area contributed by atoms with Crippen LogP contribution in [0.3, 0.4) is 0 Å². The molecule has 1 aromatic carbocycles. The van der Waals surface area contributed by atoms with Crippen LogP contribution >= 0.6 is 0 Å². The van der Waals surface area contributed by atoms with Crippen LogP contribution in [0.15, 0.2) is 23.0 Å². The molecule has 3 aromatic rings. The Balaban J connectivity index is 1.86. The summed E-state index contributed by atoms with van der Waals surface area (Å²) in [6.07, 6.45) is 6.99. The predicted molar refractivity (Wildman–Crippen MR) is 133 cm³/mol. The normalized spacial score (nSPS) is 16.2. The molecule has 34 heavy (non-hydrogen) atoms. The number of H-pyrrole nitrogens is 1. The molecule has 4 rings (SSSR count). The van der Waals surface area contributed by atoms with Gasteiger partial charge in [-0.05, 0) is 44.4 Å². The summed E-state index contributed by atoms with van der Waals surface area (Å²) in [6, 6.07) is 5.74. The molecule has 2 aromatic heterocycles. The molecule has 1 fully saturated rings. The van der Waals surface area contributed by atoms with Crippen molar-refractivity contribution in [2.24, 2.45) is 0 Å². The highest BCUT2D eigenvalue weighted by Gasteiger charge is 2.24. The second-order valence-electron chi connectivity index (χ2n) is 9.55. The predicted octanol–water partition coefficient (Wildman–Crippen LogP) is 4.26. The lowest BCUT2D eigenvalue weighted by Gasteiger charge is -2.21. The lowest BCUT2D eigenvalue weighted by Crippen LogP contribution is -2.30. The summed E-state index contributed by atoms with van der Waals surface area (Å²) in [6.45, 7) is 8.34. The number of aliphatic hydroxyl groups is 1. The summed E-state index contributed by atoms with van der Waals surface area (Å²) in [5.74, 6) is 2.27. The monoisotopic (exact) mass is 467 g/mol. The number of aromatic nitrogens is 4. The van der Waals surface area contributed by atoms with E-state index in [4.69, 9.17) is 14.8 Å². The number of aryl methyl sites for hydroxylation is 1. The van der Waals surface area contributed by atoms with E-state index in [1.807, 2.05) is 45.9 Å². The van der Waals surface area contributed by atoms with E-state index in [1.54, 1.807) is 4.52 Å². The van der Waals surface area contributed by atoms with E-state index < -0.39 is 0 Å². The molecule has 3 N–H and O–H groups in total. The smallest absolute Gasteiger partial charge is 0.277 e. The Bertz CT molecular complexity index is 1180. The first-order valence-corrected chi connectivity index (χ1v) is 12.6. The van der Waals surface area contributed by atoms with Crippen molar-refractivity contribution >= 4 is 5.52 Å². The SMILES string of the molecule is CCOc1ccc(C(CO)NC(C)C)cc1-c1nn2c(C3CCCCCC3)nc(C)c2c(=O)[nH]1. The van der Waals surface area contributed by atoms with Crippen molar-refractivity contribution in [3.8, 4) is 17.1 Å². The summed E-state index contributed by atoms with van der Waals surface area (Å²) in [5.41, 5.74) is 2.61. The number of rotatable bonds is 8. The van der Waals surface area contributed by atoms with Gasteiger partial charge in [0.15, 0.2) is 11.3 Å². The molecule has 184 valence electrons. The van der Waals surface area contributed by atoms with Crippen molar-refractivity contribution < 1.29 is 9.84 Å². The van der Waals surface area contributed by atoms with Crippen LogP contribution < -0.4 is 15.6 Å². The van der Waals surface area contributed by atoms with E-state index in [0.29, 0.717) is 40.9 Å². The van der Waals surface area contributed by atoms with Crippen molar-refractivity contribution in [3.05, 3.63) is 45.6 Å². The molecular formula is C26H37N5O3. The van der Waals surface area contributed by atoms with Crippen molar-refractivity contribution in [1.82, 2.24) is 24.9 Å². The van der Waals surface area contributed by atoms with Gasteiger partial charge < -0.3 is 20.1 Å². The highest BCUT2D eigenvalue weighted by molar-refractivity contribution is 5.66. The number of hydrogen-bond acceptors (Lipinski definition) is 6. The molecule has 8 heteroatoms. The first-order valence-electron chi connectivity index (χ1n) is 12.6. The van der Waals surface area contributed by atoms with Crippen molar-refractivity contribution in [1.29, 1.82) is 0 Å². The Morgan fingerprint density at radius 2 is 1.97 bits per heavy atom. The van der Waals surface area contributed by atoms with E-state index in [1.165, 1.54) is 25.7 Å². The number of hydrogen-bond donors (Lipinski definition) is 3. The van der Waals surface area contributed by atoms with E-state index in [9.17, 15) is 9.90 Å². The zero-order valence-electron chi connectivity index (χ0n) is 20.7. The number of fused-ring (bicyclic) bond motifs is 1. The summed E-state index contributed by atoms with van der Waals surface area (Å²) >= 11 is 0. The molecule has 1 atom stereocenters. The Morgan fingerprint density at radius 1 is 1.24 bits per heavy atom. The molecule has 0 aliphatic heterocycles. The van der Waals surface area contributed by atoms with Crippen molar-refractivity contribution in [2.45, 2.75) is 84.2 Å². The van der Waals surface area contributed by atoms with Crippen LogP contribution in [-0.4, -0.2) is 43.9 Å². The van der Waals surface area contributed by atoms with Crippen LogP contribution in [0.1, 0.15) is 88.3 Å². The van der Waals surface area contributed by atoms with Crippen LogP contribution in [0.2, 0.25) is 0 Å². The number of imidazole rings is 1. The summed E-state index contributed by atoms with van der Waals surface area (Å²) < 4.78 is 7.65. The second-order valence-corrected chi connectivity index (χ2v) is 9.55. The minimum atomic E-state index is -0.234. The number of benzene rings is 1. The quantitative estimate of drug-likeness (QED) is 0.428. The molecule has 0 bridgehead atoms. The van der Waals surface area contributed by atoms with Crippen molar-refractivity contribution in [2.75, 3.05) is 13.2 Å². The van der Waals surface area contributed by atoms with Gasteiger partial charge in [0.1, 0.15) is 11.6 Å². The largest absolute Gasteiger partial charge is 0.493 e. The van der Waals surface area contributed by atoms with E-state index >= 15 is 0 Å². The number of nitrogens with one attached hydrogen (secondary N) is 2. The Hall–Kier alpha value is -2.71. The highest BCUT2D eigenvalue weighted by atomic mass is 16.5. The maximum atomic E-state index is 13.2. The molecule has 0 spiro atoms. The van der Waals surface area contributed by atoms with E-state index in [-0.39, 0.29) is 24.2 Å². The number of aromatic amines is 1. The van der Waals surface area contributed by atoms with Crippen LogP contribution in [0.25, 0.3) is 16.9 Å². The number of aliphatic hydroxyl groups excluding tert-OH is 1. The fourth-order valence-corrected chi connectivity index (χ4v) is 5.00. The van der Waals surface area contributed by atoms with Crippen LogP contribution in [-0.2, 0) is 0 Å². The van der Waals surface area contributed by atoms with E-state index in [2.05, 4.69) is 10.3 Å². The fraction of sp³-hybridized carbons (Fsp3) is 0.577. The van der Waals surface area contributed by atoms with Gasteiger partial charge in [0.05, 0.1) is 30.5 Å². The number of nitrogens with zero attached hydrogens (tertiary/aromatic N) is 3. The molecule has 1 saturated carbocycles. The van der Waals surface area contributed by atoms with Crippen LogP contribution in [0.4, 0.5) is 0 Å². The van der Waals surface area contributed by atoms with Gasteiger partial charge in [-0.15, -0.1) is 5.10 Å². The minimum Gasteiger partial charge on any atom is -0.493 e. The van der Waals surface area contributed by atoms with Gasteiger partial charge in [0, 0.05) is 12.0 Å². The van der Waals surface area contributed by atoms with Crippen LogP contribution in [0, 0.1) is 6.92 Å². The Morgan fingerprint density at radius 3 is 2.62 bits per heavy atom. The Labute approximate surface area is 200 Å². The molecule has 1 aliphatic rings. The van der Waals surface area contributed by atoms with Gasteiger partial charge in [-0.2, -0.15) is 0 Å². The first-order chi connectivity index (χ1) is 16.4. The molecule has 0 amide bonds. The third-order valence-electron chi connectivity index (χ3n) is 6.60.